The fraction of sp³-hybridized carbons (Fsp3) is 0.364. The van der Waals surface area contributed by atoms with Crippen molar-refractivity contribution in [2.24, 2.45) is 0 Å². The summed E-state index contributed by atoms with van der Waals surface area (Å²) in [5, 5.41) is 0. The number of para-hydroxylation sites is 2. The smallest absolute Gasteiger partial charge is 0.280 e. The second kappa shape index (κ2) is 7.06. The number of benzene rings is 2. The lowest BCUT2D eigenvalue weighted by Gasteiger charge is -2.41. The van der Waals surface area contributed by atoms with Crippen molar-refractivity contribution in [2.45, 2.75) is 31.8 Å². The fourth-order valence-corrected chi connectivity index (χ4v) is 3.86. The summed E-state index contributed by atoms with van der Waals surface area (Å²) in [6.07, 6.45) is 2.67. The highest BCUT2D eigenvalue weighted by atomic mass is 16.5. The van der Waals surface area contributed by atoms with Gasteiger partial charge in [0.2, 0.25) is 0 Å². The van der Waals surface area contributed by atoms with Gasteiger partial charge in [0.05, 0.1) is 5.69 Å². The van der Waals surface area contributed by atoms with Crippen molar-refractivity contribution in [1.82, 2.24) is 4.90 Å². The second-order valence-electron chi connectivity index (χ2n) is 7.29. The zero-order chi connectivity index (χ0) is 18.9. The van der Waals surface area contributed by atoms with Gasteiger partial charge in [-0.1, -0.05) is 42.5 Å². The van der Waals surface area contributed by atoms with Crippen LogP contribution in [0.1, 0.15) is 25.3 Å². The third kappa shape index (κ3) is 3.18. The highest BCUT2D eigenvalue weighted by Gasteiger charge is 2.52. The summed E-state index contributed by atoms with van der Waals surface area (Å²) in [7, 11) is 0. The van der Waals surface area contributed by atoms with E-state index in [9.17, 15) is 9.59 Å². The standard InChI is InChI=1S/C22H24N2O3/c1-22(20(25)23-14-7-8-15-23)21(26)24(16-13-17-9-3-2-4-10-17)18-11-5-6-12-19(18)27-22/h2-6,9-12H,7-8,13-16H2,1H3. The lowest BCUT2D eigenvalue weighted by Crippen LogP contribution is -2.62. The SMILES string of the molecule is CC1(C(=O)N2CCCC2)Oc2ccccc2N(CCc2ccccc2)C1=O. The van der Waals surface area contributed by atoms with E-state index in [-0.39, 0.29) is 11.8 Å². The quantitative estimate of drug-likeness (QED) is 0.784. The number of anilines is 1. The topological polar surface area (TPSA) is 49.9 Å². The average molecular weight is 364 g/mol. The van der Waals surface area contributed by atoms with Crippen LogP contribution in [-0.2, 0) is 16.0 Å². The van der Waals surface area contributed by atoms with Crippen LogP contribution in [0.2, 0.25) is 0 Å². The van der Waals surface area contributed by atoms with E-state index in [2.05, 4.69) is 0 Å². The zero-order valence-electron chi connectivity index (χ0n) is 15.6. The molecule has 1 atom stereocenters. The number of ether oxygens (including phenoxy) is 1. The lowest BCUT2D eigenvalue weighted by atomic mass is 9.98. The minimum atomic E-state index is -1.50. The van der Waals surface area contributed by atoms with Crippen LogP contribution in [0.15, 0.2) is 54.6 Å². The number of carbonyl (C=O) groups excluding carboxylic acids is 2. The van der Waals surface area contributed by atoms with Gasteiger partial charge in [-0.3, -0.25) is 9.59 Å². The number of fused-ring (bicyclic) bond motifs is 1. The van der Waals surface area contributed by atoms with E-state index in [1.807, 2.05) is 54.6 Å². The number of hydrogen-bond donors (Lipinski definition) is 0. The number of hydrogen-bond acceptors (Lipinski definition) is 3. The normalized spacial score (nSPS) is 21.7. The fourth-order valence-electron chi connectivity index (χ4n) is 3.86. The first kappa shape index (κ1) is 17.6. The molecule has 0 spiro atoms. The summed E-state index contributed by atoms with van der Waals surface area (Å²) in [6.45, 7) is 3.50. The third-order valence-corrected chi connectivity index (χ3v) is 5.39. The molecule has 2 aromatic carbocycles. The second-order valence-corrected chi connectivity index (χ2v) is 7.29. The predicted molar refractivity (Wildman–Crippen MR) is 104 cm³/mol. The Morgan fingerprint density at radius 3 is 2.44 bits per heavy atom. The van der Waals surface area contributed by atoms with Crippen LogP contribution in [0.3, 0.4) is 0 Å². The van der Waals surface area contributed by atoms with E-state index < -0.39 is 5.60 Å². The van der Waals surface area contributed by atoms with Crippen molar-refractivity contribution in [2.75, 3.05) is 24.5 Å². The summed E-state index contributed by atoms with van der Waals surface area (Å²) in [6, 6.07) is 17.5. The zero-order valence-corrected chi connectivity index (χ0v) is 15.6. The number of amides is 2. The first-order valence-corrected chi connectivity index (χ1v) is 9.53. The van der Waals surface area contributed by atoms with E-state index in [1.54, 1.807) is 16.7 Å². The molecule has 5 heteroatoms. The molecule has 0 saturated carbocycles. The summed E-state index contributed by atoms with van der Waals surface area (Å²) in [5.74, 6) is 0.0680. The Labute approximate surface area is 159 Å². The molecule has 0 N–H and O–H groups in total. The molecular weight excluding hydrogens is 340 g/mol. The molecule has 2 amide bonds. The molecular formula is C22H24N2O3. The number of nitrogens with zero attached hydrogens (tertiary/aromatic N) is 2. The van der Waals surface area contributed by atoms with Gasteiger partial charge in [-0.25, -0.2) is 0 Å². The molecule has 1 unspecified atom stereocenters. The molecule has 140 valence electrons. The maximum Gasteiger partial charge on any atom is 0.280 e. The number of likely N-dealkylation sites (tertiary alicyclic amines) is 1. The highest BCUT2D eigenvalue weighted by molar-refractivity contribution is 6.16. The molecule has 2 aromatic rings. The Morgan fingerprint density at radius 2 is 1.70 bits per heavy atom. The van der Waals surface area contributed by atoms with Crippen LogP contribution in [0.5, 0.6) is 5.75 Å². The van der Waals surface area contributed by atoms with Gasteiger partial charge in [0.25, 0.3) is 17.4 Å². The molecule has 0 aromatic heterocycles. The van der Waals surface area contributed by atoms with Crippen LogP contribution in [-0.4, -0.2) is 41.9 Å². The Kier molecular flexibility index (Phi) is 4.60. The molecule has 0 radical (unpaired) electrons. The first-order chi connectivity index (χ1) is 13.1. The van der Waals surface area contributed by atoms with Crippen LogP contribution < -0.4 is 9.64 Å². The van der Waals surface area contributed by atoms with Crippen molar-refractivity contribution in [3.63, 3.8) is 0 Å². The Morgan fingerprint density at radius 1 is 1.04 bits per heavy atom. The monoisotopic (exact) mass is 364 g/mol. The largest absolute Gasteiger partial charge is 0.465 e. The Balaban J connectivity index is 1.64. The molecule has 0 aliphatic carbocycles. The van der Waals surface area contributed by atoms with Gasteiger partial charge in [-0.05, 0) is 43.9 Å². The Hall–Kier alpha value is -2.82. The molecule has 2 aliphatic rings. The van der Waals surface area contributed by atoms with Crippen molar-refractivity contribution in [1.29, 1.82) is 0 Å². The van der Waals surface area contributed by atoms with Crippen LogP contribution in [0.4, 0.5) is 5.69 Å². The van der Waals surface area contributed by atoms with E-state index in [4.69, 9.17) is 4.74 Å². The lowest BCUT2D eigenvalue weighted by molar-refractivity contribution is -0.155. The summed E-state index contributed by atoms with van der Waals surface area (Å²) < 4.78 is 6.01. The molecule has 2 aliphatic heterocycles. The Bertz CT molecular complexity index is 846. The van der Waals surface area contributed by atoms with Gasteiger partial charge in [0, 0.05) is 19.6 Å². The minimum absolute atomic E-state index is 0.232. The van der Waals surface area contributed by atoms with Gasteiger partial charge < -0.3 is 14.5 Å². The van der Waals surface area contributed by atoms with Gasteiger partial charge in [0.1, 0.15) is 5.75 Å². The highest BCUT2D eigenvalue weighted by Crippen LogP contribution is 2.38. The summed E-state index contributed by atoms with van der Waals surface area (Å²) in [4.78, 5) is 30.0. The van der Waals surface area contributed by atoms with Crippen molar-refractivity contribution in [3.05, 3.63) is 60.2 Å². The molecule has 4 rings (SSSR count). The van der Waals surface area contributed by atoms with E-state index in [1.165, 1.54) is 0 Å². The van der Waals surface area contributed by atoms with Gasteiger partial charge >= 0.3 is 0 Å². The molecule has 2 heterocycles. The van der Waals surface area contributed by atoms with Crippen LogP contribution in [0.25, 0.3) is 0 Å². The summed E-state index contributed by atoms with van der Waals surface area (Å²) in [5.41, 5.74) is 0.377. The van der Waals surface area contributed by atoms with Crippen molar-refractivity contribution in [3.8, 4) is 5.75 Å². The average Bonchev–Trinajstić information content (AvgIpc) is 3.23. The first-order valence-electron chi connectivity index (χ1n) is 9.53. The number of rotatable bonds is 4. The molecule has 1 saturated heterocycles. The van der Waals surface area contributed by atoms with Gasteiger partial charge in [-0.2, -0.15) is 0 Å². The molecule has 0 bridgehead atoms. The number of carbonyl (C=O) groups is 2. The third-order valence-electron chi connectivity index (χ3n) is 5.39. The molecule has 27 heavy (non-hydrogen) atoms. The minimum Gasteiger partial charge on any atom is -0.465 e. The van der Waals surface area contributed by atoms with Crippen LogP contribution in [0, 0.1) is 0 Å². The van der Waals surface area contributed by atoms with Crippen molar-refractivity contribution >= 4 is 17.5 Å². The molecule has 1 fully saturated rings. The molecule has 5 nitrogen and oxygen atoms in total. The van der Waals surface area contributed by atoms with Crippen molar-refractivity contribution < 1.29 is 14.3 Å². The van der Waals surface area contributed by atoms with E-state index >= 15 is 0 Å². The predicted octanol–water partition coefficient (Wildman–Crippen LogP) is 3.04. The maximum atomic E-state index is 13.4. The van der Waals surface area contributed by atoms with Crippen LogP contribution >= 0.6 is 0 Å². The van der Waals surface area contributed by atoms with Gasteiger partial charge in [0.15, 0.2) is 0 Å². The van der Waals surface area contributed by atoms with E-state index in [0.29, 0.717) is 25.4 Å². The maximum absolute atomic E-state index is 13.4. The van der Waals surface area contributed by atoms with E-state index in [0.717, 1.165) is 30.5 Å². The summed E-state index contributed by atoms with van der Waals surface area (Å²) >= 11 is 0. The van der Waals surface area contributed by atoms with Gasteiger partial charge in [-0.15, -0.1) is 0 Å².